The summed E-state index contributed by atoms with van der Waals surface area (Å²) in [5.74, 6) is 0. The van der Waals surface area contributed by atoms with Crippen molar-refractivity contribution >= 4 is 21.6 Å². The number of ether oxygens (including phenoxy) is 1. The highest BCUT2D eigenvalue weighted by atomic mass is 35.5. The minimum absolute atomic E-state index is 0.0763. The molecule has 0 unspecified atom stereocenters. The minimum Gasteiger partial charge on any atom is -0.392 e. The van der Waals surface area contributed by atoms with Crippen LogP contribution in [0.15, 0.2) is 23.1 Å². The molecule has 7 heteroatoms. The van der Waals surface area contributed by atoms with Crippen LogP contribution in [-0.2, 0) is 21.4 Å². The largest absolute Gasteiger partial charge is 0.392 e. The van der Waals surface area contributed by atoms with Gasteiger partial charge in [-0.15, -0.1) is 0 Å². The maximum absolute atomic E-state index is 11.9. The summed E-state index contributed by atoms with van der Waals surface area (Å²) in [7, 11) is -3.59. The first kappa shape index (κ1) is 15.4. The summed E-state index contributed by atoms with van der Waals surface area (Å²) in [5, 5.41) is 9.37. The van der Waals surface area contributed by atoms with Gasteiger partial charge in [0.05, 0.1) is 18.1 Å². The second-order valence-corrected chi connectivity index (χ2v) is 5.68. The molecule has 0 bridgehead atoms. The number of rotatable bonds is 7. The van der Waals surface area contributed by atoms with Crippen LogP contribution in [0.2, 0.25) is 5.02 Å². The Morgan fingerprint density at radius 3 is 2.78 bits per heavy atom. The SMILES string of the molecule is CCOCCNS(=O)(=O)c1ccc(Cl)c(CO)c1. The summed E-state index contributed by atoms with van der Waals surface area (Å²) in [6.07, 6.45) is 0. The van der Waals surface area contributed by atoms with Crippen LogP contribution >= 0.6 is 11.6 Å². The molecule has 0 atom stereocenters. The van der Waals surface area contributed by atoms with Gasteiger partial charge in [-0.05, 0) is 30.7 Å². The molecule has 0 aromatic heterocycles. The molecular weight excluding hydrogens is 278 g/mol. The molecule has 0 spiro atoms. The summed E-state index contributed by atoms with van der Waals surface area (Å²) in [6.45, 7) is 2.59. The molecule has 0 heterocycles. The lowest BCUT2D eigenvalue weighted by atomic mass is 10.2. The van der Waals surface area contributed by atoms with E-state index in [9.17, 15) is 8.42 Å². The molecule has 1 aromatic carbocycles. The Kier molecular flexibility index (Phi) is 6.04. The lowest BCUT2D eigenvalue weighted by molar-refractivity contribution is 0.153. The van der Waals surface area contributed by atoms with Crippen molar-refractivity contribution in [2.24, 2.45) is 0 Å². The number of halogens is 1. The summed E-state index contributed by atoms with van der Waals surface area (Å²) in [6, 6.07) is 4.19. The van der Waals surface area contributed by atoms with E-state index < -0.39 is 10.0 Å². The van der Waals surface area contributed by atoms with Crippen LogP contribution in [0.4, 0.5) is 0 Å². The maximum atomic E-state index is 11.9. The molecule has 2 N–H and O–H groups in total. The maximum Gasteiger partial charge on any atom is 0.240 e. The van der Waals surface area contributed by atoms with Gasteiger partial charge in [-0.1, -0.05) is 11.6 Å². The molecule has 102 valence electrons. The Morgan fingerprint density at radius 2 is 2.17 bits per heavy atom. The normalized spacial score (nSPS) is 11.7. The molecule has 1 aromatic rings. The zero-order valence-corrected chi connectivity index (χ0v) is 11.6. The summed E-state index contributed by atoms with van der Waals surface area (Å²) >= 11 is 5.80. The van der Waals surface area contributed by atoms with E-state index in [2.05, 4.69) is 4.72 Å². The third-order valence-corrected chi connectivity index (χ3v) is 4.07. The van der Waals surface area contributed by atoms with Gasteiger partial charge in [0.1, 0.15) is 0 Å². The molecule has 0 saturated heterocycles. The van der Waals surface area contributed by atoms with Gasteiger partial charge in [-0.3, -0.25) is 0 Å². The number of hydrogen-bond acceptors (Lipinski definition) is 4. The van der Waals surface area contributed by atoms with E-state index in [-0.39, 0.29) is 18.0 Å². The van der Waals surface area contributed by atoms with E-state index >= 15 is 0 Å². The number of sulfonamides is 1. The first-order valence-corrected chi connectivity index (χ1v) is 7.34. The summed E-state index contributed by atoms with van der Waals surface area (Å²) in [4.78, 5) is 0.0763. The van der Waals surface area contributed by atoms with Crippen LogP contribution in [0.25, 0.3) is 0 Å². The Labute approximate surface area is 112 Å². The number of benzene rings is 1. The number of aliphatic hydroxyl groups excluding tert-OH is 1. The standard InChI is InChI=1S/C11H16ClNO4S/c1-2-17-6-5-13-18(15,16)10-3-4-11(12)9(7-10)8-14/h3-4,7,13-14H,2,5-6,8H2,1H3. The molecule has 1 rings (SSSR count). The van der Waals surface area contributed by atoms with Crippen LogP contribution in [0.3, 0.4) is 0 Å². The molecular formula is C11H16ClNO4S. The van der Waals surface area contributed by atoms with E-state index in [0.29, 0.717) is 23.8 Å². The third kappa shape index (κ3) is 4.22. The second kappa shape index (κ2) is 7.06. The third-order valence-electron chi connectivity index (χ3n) is 2.24. The Hall–Kier alpha value is -0.660. The first-order chi connectivity index (χ1) is 8.51. The van der Waals surface area contributed by atoms with E-state index in [0.717, 1.165) is 0 Å². The monoisotopic (exact) mass is 293 g/mol. The van der Waals surface area contributed by atoms with Crippen molar-refractivity contribution < 1.29 is 18.3 Å². The lowest BCUT2D eigenvalue weighted by Gasteiger charge is -2.08. The van der Waals surface area contributed by atoms with Crippen LogP contribution in [-0.4, -0.2) is 33.3 Å². The zero-order chi connectivity index (χ0) is 13.6. The highest BCUT2D eigenvalue weighted by Gasteiger charge is 2.14. The van der Waals surface area contributed by atoms with Gasteiger partial charge in [-0.25, -0.2) is 13.1 Å². The van der Waals surface area contributed by atoms with Crippen LogP contribution in [0.1, 0.15) is 12.5 Å². The quantitative estimate of drug-likeness (QED) is 0.740. The predicted octanol–water partition coefficient (Wildman–Crippen LogP) is 1.15. The topological polar surface area (TPSA) is 75.6 Å². The van der Waals surface area contributed by atoms with Crippen molar-refractivity contribution in [1.29, 1.82) is 0 Å². The van der Waals surface area contributed by atoms with E-state index in [1.165, 1.54) is 18.2 Å². The van der Waals surface area contributed by atoms with E-state index in [4.69, 9.17) is 21.4 Å². The molecule has 0 aliphatic carbocycles. The van der Waals surface area contributed by atoms with Crippen LogP contribution in [0.5, 0.6) is 0 Å². The molecule has 0 radical (unpaired) electrons. The fourth-order valence-electron chi connectivity index (χ4n) is 1.32. The van der Waals surface area contributed by atoms with Crippen molar-refractivity contribution in [1.82, 2.24) is 4.72 Å². The fourth-order valence-corrected chi connectivity index (χ4v) is 2.56. The Balaban J connectivity index is 2.78. The van der Waals surface area contributed by atoms with Crippen LogP contribution < -0.4 is 4.72 Å². The molecule has 0 aliphatic rings. The Bertz CT molecular complexity index is 490. The number of nitrogens with one attached hydrogen (secondary N) is 1. The van der Waals surface area contributed by atoms with Gasteiger partial charge in [-0.2, -0.15) is 0 Å². The number of aliphatic hydroxyl groups is 1. The van der Waals surface area contributed by atoms with Crippen molar-refractivity contribution in [3.05, 3.63) is 28.8 Å². The molecule has 5 nitrogen and oxygen atoms in total. The smallest absolute Gasteiger partial charge is 0.240 e. The fraction of sp³-hybridized carbons (Fsp3) is 0.455. The van der Waals surface area contributed by atoms with E-state index in [1.807, 2.05) is 6.92 Å². The van der Waals surface area contributed by atoms with Crippen molar-refractivity contribution in [2.75, 3.05) is 19.8 Å². The molecule has 0 saturated carbocycles. The molecule has 0 fully saturated rings. The van der Waals surface area contributed by atoms with Gasteiger partial charge in [0.25, 0.3) is 0 Å². The van der Waals surface area contributed by atoms with Crippen molar-refractivity contribution in [3.8, 4) is 0 Å². The van der Waals surface area contributed by atoms with Crippen molar-refractivity contribution in [2.45, 2.75) is 18.4 Å². The molecule has 0 aliphatic heterocycles. The Morgan fingerprint density at radius 1 is 1.44 bits per heavy atom. The van der Waals surface area contributed by atoms with Gasteiger partial charge in [0.15, 0.2) is 0 Å². The van der Waals surface area contributed by atoms with Crippen molar-refractivity contribution in [3.63, 3.8) is 0 Å². The summed E-state index contributed by atoms with van der Waals surface area (Å²) < 4.78 is 31.2. The molecule has 0 amide bonds. The average Bonchev–Trinajstić information content (AvgIpc) is 2.35. The lowest BCUT2D eigenvalue weighted by Crippen LogP contribution is -2.27. The van der Waals surface area contributed by atoms with Gasteiger partial charge in [0.2, 0.25) is 10.0 Å². The second-order valence-electron chi connectivity index (χ2n) is 3.51. The van der Waals surface area contributed by atoms with Crippen LogP contribution in [0, 0.1) is 0 Å². The average molecular weight is 294 g/mol. The summed E-state index contributed by atoms with van der Waals surface area (Å²) in [5.41, 5.74) is 0.379. The molecule has 18 heavy (non-hydrogen) atoms. The number of hydrogen-bond donors (Lipinski definition) is 2. The zero-order valence-electron chi connectivity index (χ0n) is 10.0. The predicted molar refractivity (Wildman–Crippen MR) is 69.1 cm³/mol. The van der Waals surface area contributed by atoms with E-state index in [1.54, 1.807) is 0 Å². The minimum atomic E-state index is -3.59. The highest BCUT2D eigenvalue weighted by molar-refractivity contribution is 7.89. The van der Waals surface area contributed by atoms with Gasteiger partial charge in [0, 0.05) is 18.2 Å². The van der Waals surface area contributed by atoms with Gasteiger partial charge >= 0.3 is 0 Å². The highest BCUT2D eigenvalue weighted by Crippen LogP contribution is 2.20. The van der Waals surface area contributed by atoms with Gasteiger partial charge < -0.3 is 9.84 Å². The first-order valence-electron chi connectivity index (χ1n) is 5.48.